The van der Waals surface area contributed by atoms with E-state index in [1.54, 1.807) is 12.4 Å². The summed E-state index contributed by atoms with van der Waals surface area (Å²) in [6, 6.07) is -0.637. The number of carbonyl (C=O) groups excluding carboxylic acids is 1. The van der Waals surface area contributed by atoms with Gasteiger partial charge in [-0.15, -0.1) is 11.8 Å². The molecule has 1 aromatic heterocycles. The lowest BCUT2D eigenvalue weighted by Gasteiger charge is -2.21. The molecule has 0 unspecified atom stereocenters. The lowest BCUT2D eigenvalue weighted by atomic mass is 10.2. The van der Waals surface area contributed by atoms with Gasteiger partial charge >= 0.3 is 5.97 Å². The number of hydrogen-bond donors (Lipinski definition) is 2. The van der Waals surface area contributed by atoms with Crippen LogP contribution in [0.2, 0.25) is 0 Å². The van der Waals surface area contributed by atoms with Crippen LogP contribution in [-0.4, -0.2) is 50.2 Å². The first kappa shape index (κ1) is 12.9. The molecule has 6 nitrogen and oxygen atoms in total. The number of nitrogens with zero attached hydrogens (tertiary/aromatic N) is 2. The van der Waals surface area contributed by atoms with E-state index in [2.05, 4.69) is 9.97 Å². The van der Waals surface area contributed by atoms with Gasteiger partial charge in [0.2, 0.25) is 5.91 Å². The van der Waals surface area contributed by atoms with E-state index in [4.69, 9.17) is 5.11 Å². The number of H-pyrrole nitrogens is 1. The van der Waals surface area contributed by atoms with Gasteiger partial charge < -0.3 is 15.0 Å². The summed E-state index contributed by atoms with van der Waals surface area (Å²) < 4.78 is 0. The van der Waals surface area contributed by atoms with Crippen LogP contribution in [0.3, 0.4) is 0 Å². The number of aromatic nitrogens is 2. The van der Waals surface area contributed by atoms with Crippen LogP contribution >= 0.6 is 11.8 Å². The molecule has 0 spiro atoms. The molecule has 0 aromatic carbocycles. The van der Waals surface area contributed by atoms with Crippen LogP contribution in [0.25, 0.3) is 0 Å². The molecule has 2 rings (SSSR count). The van der Waals surface area contributed by atoms with Crippen LogP contribution in [0.1, 0.15) is 18.7 Å². The second-order valence-electron chi connectivity index (χ2n) is 4.11. The monoisotopic (exact) mass is 269 g/mol. The van der Waals surface area contributed by atoms with Gasteiger partial charge in [-0.25, -0.2) is 9.78 Å². The van der Waals surface area contributed by atoms with Crippen molar-refractivity contribution in [2.24, 2.45) is 0 Å². The number of thioether (sulfide) groups is 1. The molecule has 0 bridgehead atoms. The van der Waals surface area contributed by atoms with Gasteiger partial charge in [-0.3, -0.25) is 4.79 Å². The molecule has 0 aliphatic carbocycles. The number of aromatic amines is 1. The first-order valence-corrected chi connectivity index (χ1v) is 6.92. The van der Waals surface area contributed by atoms with Crippen molar-refractivity contribution in [1.82, 2.24) is 14.9 Å². The quantitative estimate of drug-likeness (QED) is 0.822. The second kappa shape index (κ2) is 5.90. The number of rotatable bonds is 5. The van der Waals surface area contributed by atoms with Gasteiger partial charge in [0.25, 0.3) is 0 Å². The minimum atomic E-state index is -0.906. The molecular weight excluding hydrogens is 254 g/mol. The van der Waals surface area contributed by atoms with Crippen LogP contribution < -0.4 is 0 Å². The highest BCUT2D eigenvalue weighted by Gasteiger charge is 2.33. The summed E-state index contributed by atoms with van der Waals surface area (Å²) in [6.07, 6.45) is 4.73. The average molecular weight is 269 g/mol. The largest absolute Gasteiger partial charge is 0.480 e. The Morgan fingerprint density at radius 1 is 1.61 bits per heavy atom. The van der Waals surface area contributed by atoms with Gasteiger partial charge in [-0.1, -0.05) is 0 Å². The molecule has 1 atom stereocenters. The van der Waals surface area contributed by atoms with E-state index in [1.165, 1.54) is 16.7 Å². The van der Waals surface area contributed by atoms with Crippen LogP contribution in [0.15, 0.2) is 12.4 Å². The van der Waals surface area contributed by atoms with Crippen molar-refractivity contribution >= 4 is 23.6 Å². The minimum Gasteiger partial charge on any atom is -0.480 e. The fraction of sp³-hybridized carbons (Fsp3) is 0.545. The number of likely N-dealkylation sites (tertiary alicyclic amines) is 1. The predicted molar refractivity (Wildman–Crippen MR) is 67.1 cm³/mol. The number of imidazole rings is 1. The Hall–Kier alpha value is -1.50. The molecule has 1 aromatic rings. The van der Waals surface area contributed by atoms with E-state index in [-0.39, 0.29) is 5.91 Å². The Kier molecular flexibility index (Phi) is 4.24. The fourth-order valence-corrected chi connectivity index (χ4v) is 2.81. The van der Waals surface area contributed by atoms with Crippen LogP contribution in [0, 0.1) is 0 Å². The Bertz CT molecular complexity index is 421. The zero-order valence-corrected chi connectivity index (χ0v) is 10.7. The van der Waals surface area contributed by atoms with Gasteiger partial charge in [-0.2, -0.15) is 0 Å². The van der Waals surface area contributed by atoms with Gasteiger partial charge in [0, 0.05) is 18.9 Å². The summed E-state index contributed by atoms with van der Waals surface area (Å²) in [7, 11) is 0. The van der Waals surface area contributed by atoms with Gasteiger partial charge in [-0.05, 0) is 12.8 Å². The topological polar surface area (TPSA) is 86.3 Å². The second-order valence-corrected chi connectivity index (χ2v) is 5.10. The zero-order chi connectivity index (χ0) is 13.0. The molecule has 2 heterocycles. The highest BCUT2D eigenvalue weighted by molar-refractivity contribution is 7.99. The highest BCUT2D eigenvalue weighted by atomic mass is 32.2. The Morgan fingerprint density at radius 2 is 2.44 bits per heavy atom. The molecule has 1 fully saturated rings. The summed E-state index contributed by atoms with van der Waals surface area (Å²) >= 11 is 1.44. The molecular formula is C11H15N3O3S. The van der Waals surface area contributed by atoms with Crippen LogP contribution in [0.5, 0.6) is 0 Å². The molecule has 1 saturated heterocycles. The fourth-order valence-electron chi connectivity index (χ4n) is 2.02. The minimum absolute atomic E-state index is 0.101. The first-order chi connectivity index (χ1) is 8.68. The summed E-state index contributed by atoms with van der Waals surface area (Å²) in [5.41, 5.74) is 0. The molecule has 2 N–H and O–H groups in total. The van der Waals surface area contributed by atoms with Crippen molar-refractivity contribution in [1.29, 1.82) is 0 Å². The van der Waals surface area contributed by atoms with Crippen molar-refractivity contribution in [3.05, 3.63) is 18.2 Å². The third kappa shape index (κ3) is 3.04. The third-order valence-corrected chi connectivity index (χ3v) is 3.81. The van der Waals surface area contributed by atoms with E-state index < -0.39 is 12.0 Å². The lowest BCUT2D eigenvalue weighted by molar-refractivity contribution is -0.147. The lowest BCUT2D eigenvalue weighted by Crippen LogP contribution is -2.41. The van der Waals surface area contributed by atoms with Gasteiger partial charge in [0.05, 0.1) is 11.5 Å². The number of carbonyl (C=O) groups is 2. The van der Waals surface area contributed by atoms with Crippen molar-refractivity contribution in [2.75, 3.05) is 12.3 Å². The molecule has 1 aliphatic rings. The van der Waals surface area contributed by atoms with Crippen molar-refractivity contribution in [3.8, 4) is 0 Å². The molecule has 1 amide bonds. The highest BCUT2D eigenvalue weighted by Crippen LogP contribution is 2.19. The van der Waals surface area contributed by atoms with E-state index >= 15 is 0 Å². The summed E-state index contributed by atoms with van der Waals surface area (Å²) in [5, 5.41) is 8.99. The summed E-state index contributed by atoms with van der Waals surface area (Å²) in [6.45, 7) is 0.553. The number of aliphatic carboxylic acids is 1. The van der Waals surface area contributed by atoms with Crippen molar-refractivity contribution < 1.29 is 14.7 Å². The summed E-state index contributed by atoms with van der Waals surface area (Å²) in [4.78, 5) is 31.3. The molecule has 1 aliphatic heterocycles. The molecule has 7 heteroatoms. The summed E-state index contributed by atoms with van der Waals surface area (Å²) in [5.74, 6) is 0.742. The van der Waals surface area contributed by atoms with E-state index in [1.807, 2.05) is 0 Å². The van der Waals surface area contributed by atoms with Gasteiger partial charge in [0.15, 0.2) is 0 Å². The van der Waals surface area contributed by atoms with E-state index in [0.29, 0.717) is 24.5 Å². The molecule has 18 heavy (non-hydrogen) atoms. The average Bonchev–Trinajstić information content (AvgIpc) is 2.99. The van der Waals surface area contributed by atoms with Crippen LogP contribution in [0.4, 0.5) is 0 Å². The normalized spacial score (nSPS) is 19.1. The van der Waals surface area contributed by atoms with Gasteiger partial charge in [0.1, 0.15) is 11.9 Å². The molecule has 98 valence electrons. The van der Waals surface area contributed by atoms with Crippen molar-refractivity contribution in [3.63, 3.8) is 0 Å². The SMILES string of the molecule is O=C(O)[C@@H]1CCCN1C(=O)CSCc1ncc[nH]1. The smallest absolute Gasteiger partial charge is 0.326 e. The standard InChI is InChI=1S/C11H15N3O3S/c15-10(7-18-6-9-12-3-4-13-9)14-5-1-2-8(14)11(16)17/h3-4,8H,1-2,5-7H2,(H,12,13)(H,16,17)/t8-/m0/s1. The Balaban J connectivity index is 1.79. The number of carboxylic acids is 1. The van der Waals surface area contributed by atoms with E-state index in [9.17, 15) is 9.59 Å². The maximum absolute atomic E-state index is 11.9. The first-order valence-electron chi connectivity index (χ1n) is 5.77. The van der Waals surface area contributed by atoms with Crippen molar-refractivity contribution in [2.45, 2.75) is 24.6 Å². The number of carboxylic acid groups (broad SMARTS) is 1. The third-order valence-electron chi connectivity index (χ3n) is 2.88. The number of amides is 1. The molecule has 0 saturated carbocycles. The number of hydrogen-bond acceptors (Lipinski definition) is 4. The molecule has 0 radical (unpaired) electrons. The van der Waals surface area contributed by atoms with E-state index in [0.717, 1.165) is 12.2 Å². The maximum Gasteiger partial charge on any atom is 0.326 e. The van der Waals surface area contributed by atoms with Crippen LogP contribution in [-0.2, 0) is 15.3 Å². The number of nitrogens with one attached hydrogen (secondary N) is 1. The predicted octanol–water partition coefficient (Wildman–Crippen LogP) is 0.718. The Labute approximate surface area is 109 Å². The Morgan fingerprint density at radius 3 is 3.11 bits per heavy atom. The maximum atomic E-state index is 11.9. The zero-order valence-electron chi connectivity index (χ0n) is 9.83.